The summed E-state index contributed by atoms with van der Waals surface area (Å²) in [5.41, 5.74) is 0.786. The summed E-state index contributed by atoms with van der Waals surface area (Å²) in [6, 6.07) is 8.01. The molecule has 0 aliphatic rings. The fraction of sp³-hybridized carbons (Fsp3) is 0.367. The number of rotatable bonds is 15. The topological polar surface area (TPSA) is 190 Å². The zero-order chi connectivity index (χ0) is 32.9. The normalized spacial score (nSPS) is 11.8. The summed E-state index contributed by atoms with van der Waals surface area (Å²) in [6.07, 6.45) is 4.74. The monoisotopic (exact) mass is 643 g/mol. The van der Waals surface area contributed by atoms with Gasteiger partial charge >= 0.3 is 18.0 Å². The third-order valence-electron chi connectivity index (χ3n) is 6.59. The van der Waals surface area contributed by atoms with Crippen molar-refractivity contribution in [2.75, 3.05) is 27.0 Å². The predicted octanol–water partition coefficient (Wildman–Crippen LogP) is 2.76. The van der Waals surface area contributed by atoms with Crippen molar-refractivity contribution in [3.05, 3.63) is 75.4 Å². The van der Waals surface area contributed by atoms with E-state index in [1.54, 1.807) is 44.2 Å². The summed E-state index contributed by atoms with van der Waals surface area (Å²) in [6.45, 7) is 4.18. The molecule has 0 spiro atoms. The van der Waals surface area contributed by atoms with E-state index in [-0.39, 0.29) is 58.4 Å². The Kier molecular flexibility index (Phi) is 13.4. The van der Waals surface area contributed by atoms with E-state index >= 15 is 0 Å². The van der Waals surface area contributed by atoms with Crippen molar-refractivity contribution in [1.29, 1.82) is 0 Å². The van der Waals surface area contributed by atoms with Gasteiger partial charge in [-0.2, -0.15) is 0 Å². The average molecular weight is 644 g/mol. The van der Waals surface area contributed by atoms with Crippen LogP contribution in [-0.2, 0) is 41.4 Å². The van der Waals surface area contributed by atoms with Crippen molar-refractivity contribution in [3.8, 4) is 5.69 Å². The van der Waals surface area contributed by atoms with Gasteiger partial charge in [0.25, 0.3) is 5.56 Å². The molecule has 0 bridgehead atoms. The lowest BCUT2D eigenvalue weighted by Gasteiger charge is -2.18. The van der Waals surface area contributed by atoms with Crippen LogP contribution in [0.4, 0.5) is 4.79 Å². The molecule has 1 unspecified atom stereocenters. The number of allylic oxidation sites excluding steroid dienone is 2. The number of hydrogen-bond acceptors (Lipinski definition) is 11. The zero-order valence-electron chi connectivity index (χ0n) is 25.5. The number of para-hydroxylation sites is 1. The number of ether oxygens (including phenoxy) is 3. The molecule has 3 rings (SSSR count). The molecule has 1 atom stereocenters. The van der Waals surface area contributed by atoms with E-state index in [1.807, 2.05) is 19.1 Å². The number of unbranched alkanes of at least 4 members (excludes halogenated alkanes) is 1. The van der Waals surface area contributed by atoms with E-state index in [0.717, 1.165) is 6.42 Å². The van der Waals surface area contributed by atoms with Crippen molar-refractivity contribution < 1.29 is 37.6 Å². The fourth-order valence-corrected chi connectivity index (χ4v) is 5.34. The molecule has 14 nitrogen and oxygen atoms in total. The average Bonchev–Trinajstić information content (AvgIpc) is 3.02. The Morgan fingerprint density at radius 1 is 1.13 bits per heavy atom. The Morgan fingerprint density at radius 2 is 1.89 bits per heavy atom. The maximum Gasteiger partial charge on any atom is 0.407 e. The van der Waals surface area contributed by atoms with Gasteiger partial charge in [-0.05, 0) is 70.0 Å². The number of carbonyl (C=O) groups is 3. The summed E-state index contributed by atoms with van der Waals surface area (Å²) in [4.78, 5) is 60.5. The van der Waals surface area contributed by atoms with Crippen molar-refractivity contribution >= 4 is 39.9 Å². The number of alkyl carbamates (subject to hydrolysis) is 1. The van der Waals surface area contributed by atoms with Gasteiger partial charge in [0.1, 0.15) is 17.6 Å². The quantitative estimate of drug-likeness (QED) is 0.0551. The number of carbonyl (C=O) groups excluding carboxylic acids is 3. The third-order valence-corrected chi connectivity index (χ3v) is 7.70. The van der Waals surface area contributed by atoms with Gasteiger partial charge in [-0.15, -0.1) is 0 Å². The molecule has 242 valence electrons. The van der Waals surface area contributed by atoms with Gasteiger partial charge in [0.05, 0.1) is 33.6 Å². The molecule has 15 heteroatoms. The largest absolute Gasteiger partial charge is 0.464 e. The molecule has 0 aliphatic heterocycles. The van der Waals surface area contributed by atoms with Crippen LogP contribution in [0.15, 0.2) is 52.2 Å². The van der Waals surface area contributed by atoms with Gasteiger partial charge in [-0.25, -0.2) is 29.4 Å². The van der Waals surface area contributed by atoms with Gasteiger partial charge in [-0.1, -0.05) is 24.3 Å². The van der Waals surface area contributed by atoms with E-state index < -0.39 is 42.0 Å². The fourth-order valence-electron chi connectivity index (χ4n) is 4.57. The van der Waals surface area contributed by atoms with Crippen molar-refractivity contribution in [2.45, 2.75) is 51.5 Å². The highest BCUT2D eigenvalue weighted by atomic mass is 32.2. The maximum absolute atomic E-state index is 14.2. The number of aryl methyl sites for hydroxylation is 2. The Morgan fingerprint density at radius 3 is 2.60 bits per heavy atom. The van der Waals surface area contributed by atoms with Gasteiger partial charge in [0.2, 0.25) is 6.79 Å². The Bertz CT molecular complexity index is 1660. The first-order valence-corrected chi connectivity index (χ1v) is 15.2. The first-order chi connectivity index (χ1) is 21.6. The van der Waals surface area contributed by atoms with Crippen LogP contribution < -0.4 is 21.5 Å². The number of amides is 1. The van der Waals surface area contributed by atoms with E-state index in [0.29, 0.717) is 17.5 Å². The summed E-state index contributed by atoms with van der Waals surface area (Å²) in [5, 5.41) is 2.60. The molecule has 1 heterocycles. The van der Waals surface area contributed by atoms with Crippen LogP contribution in [0, 0.1) is 13.8 Å². The zero-order valence-corrected chi connectivity index (χ0v) is 26.4. The molecule has 0 saturated heterocycles. The van der Waals surface area contributed by atoms with Crippen LogP contribution in [-0.4, -0.2) is 58.8 Å². The lowest BCUT2D eigenvalue weighted by molar-refractivity contribution is -0.143. The second-order valence-electron chi connectivity index (χ2n) is 9.60. The van der Waals surface area contributed by atoms with E-state index in [2.05, 4.69) is 19.9 Å². The molecule has 1 amide bonds. The first kappa shape index (κ1) is 35.0. The molecule has 0 aliphatic carbocycles. The predicted molar refractivity (Wildman–Crippen MR) is 166 cm³/mol. The van der Waals surface area contributed by atoms with Gasteiger partial charge in [0, 0.05) is 6.42 Å². The molecule has 45 heavy (non-hydrogen) atoms. The maximum atomic E-state index is 14.2. The van der Waals surface area contributed by atoms with Crippen LogP contribution in [0.2, 0.25) is 0 Å². The van der Waals surface area contributed by atoms with Crippen LogP contribution in [0.3, 0.4) is 0 Å². The highest BCUT2D eigenvalue weighted by molar-refractivity contribution is 7.83. The SMILES string of the molecule is C/C=C\CCCC(=O)OCCNC(=O)OCc1nc2cc(C)c(C(=O)OCON)c(C)c2c(=O)n1-c1ccccc1S(=O)NC. The van der Waals surface area contributed by atoms with Crippen LogP contribution in [0.25, 0.3) is 16.6 Å². The molecule has 2 aromatic carbocycles. The van der Waals surface area contributed by atoms with Crippen LogP contribution in [0.5, 0.6) is 0 Å². The van der Waals surface area contributed by atoms with Crippen LogP contribution in [0.1, 0.15) is 53.5 Å². The van der Waals surface area contributed by atoms with Crippen molar-refractivity contribution in [3.63, 3.8) is 0 Å². The molecule has 0 saturated carbocycles. The number of benzene rings is 2. The summed E-state index contributed by atoms with van der Waals surface area (Å²) in [5.74, 6) is 3.90. The second-order valence-corrected chi connectivity index (χ2v) is 11.0. The number of aromatic nitrogens is 2. The van der Waals surface area contributed by atoms with Crippen molar-refractivity contribution in [1.82, 2.24) is 19.6 Å². The number of fused-ring (bicyclic) bond motifs is 1. The first-order valence-electron chi connectivity index (χ1n) is 14.0. The standard InChI is InChI=1S/C30H37N5O9S/c1-5-6-7-8-13-25(36)41-15-14-33-30(39)42-17-24-34-21-16-19(2)26(29(38)43-18-44-31)20(3)27(21)28(37)35(24)22-11-9-10-12-23(22)45(40)32-4/h5-6,9-12,16,32H,7-8,13-15,17-18,31H2,1-4H3,(H,33,39)/b6-5-. The minimum absolute atomic E-state index is 0.00778. The summed E-state index contributed by atoms with van der Waals surface area (Å²) >= 11 is 0. The number of nitrogens with zero attached hydrogens (tertiary/aromatic N) is 2. The lowest BCUT2D eigenvalue weighted by atomic mass is 9.98. The lowest BCUT2D eigenvalue weighted by Crippen LogP contribution is -2.31. The third kappa shape index (κ3) is 9.04. The molecule has 3 aromatic rings. The highest BCUT2D eigenvalue weighted by Gasteiger charge is 2.24. The van der Waals surface area contributed by atoms with Crippen LogP contribution >= 0.6 is 0 Å². The molecular weight excluding hydrogens is 606 g/mol. The minimum atomic E-state index is -1.71. The highest BCUT2D eigenvalue weighted by Crippen LogP contribution is 2.25. The van der Waals surface area contributed by atoms with Crippen molar-refractivity contribution in [2.24, 2.45) is 5.90 Å². The summed E-state index contributed by atoms with van der Waals surface area (Å²) in [7, 11) is -0.206. The Labute approximate surface area is 262 Å². The summed E-state index contributed by atoms with van der Waals surface area (Å²) < 4.78 is 32.2. The van der Waals surface area contributed by atoms with E-state index in [1.165, 1.54) is 11.6 Å². The minimum Gasteiger partial charge on any atom is -0.464 e. The number of hydrogen-bond donors (Lipinski definition) is 3. The number of nitrogens with one attached hydrogen (secondary N) is 2. The smallest absolute Gasteiger partial charge is 0.407 e. The van der Waals surface area contributed by atoms with E-state index in [9.17, 15) is 23.4 Å². The molecular formula is C30H37N5O9S. The van der Waals surface area contributed by atoms with Gasteiger partial charge in [-0.3, -0.25) is 19.0 Å². The number of esters is 2. The molecule has 0 fully saturated rings. The van der Waals surface area contributed by atoms with Gasteiger partial charge < -0.3 is 19.5 Å². The Hall–Kier alpha value is -4.44. The molecule has 1 aromatic heterocycles. The molecule has 4 N–H and O–H groups in total. The Balaban J connectivity index is 1.93. The van der Waals surface area contributed by atoms with Gasteiger partial charge in [0.15, 0.2) is 12.4 Å². The number of nitrogens with two attached hydrogens (primary N) is 1. The molecule has 0 radical (unpaired) electrons. The second kappa shape index (κ2) is 17.2. The van der Waals surface area contributed by atoms with E-state index in [4.69, 9.17) is 20.1 Å².